The van der Waals surface area contributed by atoms with E-state index in [1.165, 1.54) is 12.1 Å². The Balaban J connectivity index is 1.61. The van der Waals surface area contributed by atoms with Crippen molar-refractivity contribution in [1.82, 2.24) is 20.5 Å². The fraction of sp³-hybridized carbons (Fsp3) is 0.150. The van der Waals surface area contributed by atoms with Crippen LogP contribution < -0.4 is 5.32 Å². The van der Waals surface area contributed by atoms with Gasteiger partial charge in [0.15, 0.2) is 0 Å². The summed E-state index contributed by atoms with van der Waals surface area (Å²) in [6.45, 7) is 2.41. The van der Waals surface area contributed by atoms with Crippen LogP contribution >= 0.6 is 11.3 Å². The predicted octanol–water partition coefficient (Wildman–Crippen LogP) is 4.11. The first-order valence-electron chi connectivity index (χ1n) is 8.53. The molecule has 2 heterocycles. The molecular weight excluding hydrogens is 363 g/mol. The van der Waals surface area contributed by atoms with Crippen molar-refractivity contribution >= 4 is 28.1 Å². The van der Waals surface area contributed by atoms with E-state index < -0.39 is 0 Å². The Hall–Kier alpha value is -3.06. The standard InChI is InChI=1S/C20H17FN4OS/c1-12-9-17-16(19(25-24-17)13-3-2-4-14(21)10-13)11-15(12)20(26)23-6-5-18-22-7-8-27-18/h2-4,7-11H,5-6H2,1H3,(H,23,26)(H,24,25). The van der Waals surface area contributed by atoms with Crippen molar-refractivity contribution in [2.45, 2.75) is 13.3 Å². The zero-order valence-electron chi connectivity index (χ0n) is 14.6. The zero-order chi connectivity index (χ0) is 18.8. The van der Waals surface area contributed by atoms with Crippen LogP contribution in [0, 0.1) is 12.7 Å². The van der Waals surface area contributed by atoms with Gasteiger partial charge in [0, 0.05) is 41.1 Å². The lowest BCUT2D eigenvalue weighted by atomic mass is 10.0. The molecule has 1 amide bonds. The van der Waals surface area contributed by atoms with Crippen molar-refractivity contribution in [3.8, 4) is 11.3 Å². The van der Waals surface area contributed by atoms with E-state index in [2.05, 4.69) is 20.5 Å². The molecule has 0 aliphatic carbocycles. The number of aryl methyl sites for hydroxylation is 1. The monoisotopic (exact) mass is 380 g/mol. The van der Waals surface area contributed by atoms with Crippen LogP contribution in [-0.4, -0.2) is 27.6 Å². The molecule has 136 valence electrons. The summed E-state index contributed by atoms with van der Waals surface area (Å²) in [7, 11) is 0. The first-order valence-corrected chi connectivity index (χ1v) is 9.41. The number of amides is 1. The van der Waals surface area contributed by atoms with E-state index in [9.17, 15) is 9.18 Å². The Morgan fingerprint density at radius 1 is 1.30 bits per heavy atom. The summed E-state index contributed by atoms with van der Waals surface area (Å²) in [4.78, 5) is 16.9. The maximum Gasteiger partial charge on any atom is 0.251 e. The first-order chi connectivity index (χ1) is 13.1. The molecule has 5 nitrogen and oxygen atoms in total. The van der Waals surface area contributed by atoms with Crippen LogP contribution in [-0.2, 0) is 6.42 Å². The molecule has 0 saturated carbocycles. The van der Waals surface area contributed by atoms with Crippen molar-refractivity contribution in [3.05, 3.63) is 69.9 Å². The van der Waals surface area contributed by atoms with Gasteiger partial charge in [-0.1, -0.05) is 12.1 Å². The van der Waals surface area contributed by atoms with Crippen molar-refractivity contribution in [2.24, 2.45) is 0 Å². The van der Waals surface area contributed by atoms with E-state index >= 15 is 0 Å². The molecule has 0 aliphatic rings. The van der Waals surface area contributed by atoms with Crippen molar-refractivity contribution in [3.63, 3.8) is 0 Å². The minimum Gasteiger partial charge on any atom is -0.352 e. The molecule has 4 rings (SSSR count). The molecule has 0 spiro atoms. The normalized spacial score (nSPS) is 11.0. The molecule has 27 heavy (non-hydrogen) atoms. The Bertz CT molecular complexity index is 1100. The Morgan fingerprint density at radius 2 is 2.19 bits per heavy atom. The van der Waals surface area contributed by atoms with Crippen LogP contribution in [0.2, 0.25) is 0 Å². The predicted molar refractivity (Wildman–Crippen MR) is 104 cm³/mol. The molecule has 0 atom stereocenters. The second-order valence-corrected chi connectivity index (χ2v) is 7.21. The molecule has 0 fully saturated rings. The van der Waals surface area contributed by atoms with E-state index in [1.807, 2.05) is 24.4 Å². The molecule has 7 heteroatoms. The minimum atomic E-state index is -0.323. The quantitative estimate of drug-likeness (QED) is 0.547. The van der Waals surface area contributed by atoms with Gasteiger partial charge in [0.05, 0.1) is 10.5 Å². The number of H-pyrrole nitrogens is 1. The van der Waals surface area contributed by atoms with Crippen LogP contribution in [0.4, 0.5) is 4.39 Å². The largest absolute Gasteiger partial charge is 0.352 e. The second-order valence-electron chi connectivity index (χ2n) is 6.23. The van der Waals surface area contributed by atoms with E-state index in [0.717, 1.165) is 21.5 Å². The minimum absolute atomic E-state index is 0.141. The number of hydrogen-bond donors (Lipinski definition) is 2. The van der Waals surface area contributed by atoms with Crippen molar-refractivity contribution < 1.29 is 9.18 Å². The highest BCUT2D eigenvalue weighted by Gasteiger charge is 2.15. The zero-order valence-corrected chi connectivity index (χ0v) is 15.4. The SMILES string of the molecule is Cc1cc2[nH]nc(-c3cccc(F)c3)c2cc1C(=O)NCCc1nccs1. The number of carbonyl (C=O) groups is 1. The third-order valence-corrected chi connectivity index (χ3v) is 5.20. The maximum absolute atomic E-state index is 13.6. The van der Waals surface area contributed by atoms with Crippen LogP contribution in [0.1, 0.15) is 20.9 Å². The summed E-state index contributed by atoms with van der Waals surface area (Å²) in [5.41, 5.74) is 3.54. The Kier molecular flexibility index (Phi) is 4.68. The summed E-state index contributed by atoms with van der Waals surface area (Å²) in [5.74, 6) is -0.465. The molecule has 2 aromatic heterocycles. The third-order valence-electron chi connectivity index (χ3n) is 4.36. The molecule has 0 bridgehead atoms. The summed E-state index contributed by atoms with van der Waals surface area (Å²) >= 11 is 1.57. The summed E-state index contributed by atoms with van der Waals surface area (Å²) in [6.07, 6.45) is 2.46. The van der Waals surface area contributed by atoms with Gasteiger partial charge in [-0.2, -0.15) is 5.10 Å². The summed E-state index contributed by atoms with van der Waals surface area (Å²) < 4.78 is 13.6. The average Bonchev–Trinajstić information content (AvgIpc) is 3.30. The van der Waals surface area contributed by atoms with Gasteiger partial charge in [-0.25, -0.2) is 9.37 Å². The third kappa shape index (κ3) is 3.59. The molecule has 2 aromatic carbocycles. The van der Waals surface area contributed by atoms with Gasteiger partial charge >= 0.3 is 0 Å². The highest BCUT2D eigenvalue weighted by molar-refractivity contribution is 7.09. The van der Waals surface area contributed by atoms with Gasteiger partial charge in [0.2, 0.25) is 0 Å². The number of nitrogens with zero attached hydrogens (tertiary/aromatic N) is 2. The number of fused-ring (bicyclic) bond motifs is 1. The van der Waals surface area contributed by atoms with Crippen LogP contribution in [0.15, 0.2) is 48.0 Å². The molecule has 0 radical (unpaired) electrons. The lowest BCUT2D eigenvalue weighted by Crippen LogP contribution is -2.26. The van der Waals surface area contributed by atoms with E-state index in [1.54, 1.807) is 29.7 Å². The lowest BCUT2D eigenvalue weighted by Gasteiger charge is -2.08. The molecule has 0 saturated heterocycles. The van der Waals surface area contributed by atoms with Crippen LogP contribution in [0.25, 0.3) is 22.2 Å². The fourth-order valence-electron chi connectivity index (χ4n) is 3.03. The number of aromatic nitrogens is 3. The van der Waals surface area contributed by atoms with Gasteiger partial charge in [-0.15, -0.1) is 11.3 Å². The maximum atomic E-state index is 13.6. The van der Waals surface area contributed by atoms with E-state index in [-0.39, 0.29) is 11.7 Å². The van der Waals surface area contributed by atoms with Gasteiger partial charge in [-0.3, -0.25) is 9.89 Å². The van der Waals surface area contributed by atoms with Gasteiger partial charge in [0.1, 0.15) is 11.5 Å². The number of hydrogen-bond acceptors (Lipinski definition) is 4. The highest BCUT2D eigenvalue weighted by atomic mass is 32.1. The van der Waals surface area contributed by atoms with Gasteiger partial charge in [0.25, 0.3) is 5.91 Å². The Labute approximate surface area is 159 Å². The second kappa shape index (κ2) is 7.28. The number of nitrogens with one attached hydrogen (secondary N) is 2. The smallest absolute Gasteiger partial charge is 0.251 e. The topological polar surface area (TPSA) is 70.7 Å². The average molecular weight is 380 g/mol. The number of benzene rings is 2. The van der Waals surface area contributed by atoms with Crippen molar-refractivity contribution in [1.29, 1.82) is 0 Å². The van der Waals surface area contributed by atoms with Gasteiger partial charge < -0.3 is 5.32 Å². The molecule has 2 N–H and O–H groups in total. The molecule has 4 aromatic rings. The summed E-state index contributed by atoms with van der Waals surface area (Å²) in [6, 6.07) is 9.97. The van der Waals surface area contributed by atoms with Gasteiger partial charge in [-0.05, 0) is 36.8 Å². The summed E-state index contributed by atoms with van der Waals surface area (Å²) in [5, 5.41) is 13.9. The Morgan fingerprint density at radius 3 is 2.96 bits per heavy atom. The molecule has 0 unspecified atom stereocenters. The highest BCUT2D eigenvalue weighted by Crippen LogP contribution is 2.29. The fourth-order valence-corrected chi connectivity index (χ4v) is 3.65. The van der Waals surface area contributed by atoms with E-state index in [4.69, 9.17) is 0 Å². The van der Waals surface area contributed by atoms with Crippen molar-refractivity contribution in [2.75, 3.05) is 6.54 Å². The first kappa shape index (κ1) is 17.4. The van der Waals surface area contributed by atoms with Crippen LogP contribution in [0.3, 0.4) is 0 Å². The van der Waals surface area contributed by atoms with Crippen LogP contribution in [0.5, 0.6) is 0 Å². The number of rotatable bonds is 5. The lowest BCUT2D eigenvalue weighted by molar-refractivity contribution is 0.0953. The number of carbonyl (C=O) groups excluding carboxylic acids is 1. The number of halogens is 1. The molecule has 0 aliphatic heterocycles. The number of thiazole rings is 1. The molecular formula is C20H17FN4OS. The number of aromatic amines is 1. The van der Waals surface area contributed by atoms with E-state index in [0.29, 0.717) is 29.8 Å².